The minimum absolute atomic E-state index is 0.0341. The third-order valence-electron chi connectivity index (χ3n) is 2.74. The van der Waals surface area contributed by atoms with E-state index < -0.39 is 0 Å². The van der Waals surface area contributed by atoms with Crippen molar-refractivity contribution < 1.29 is 14.3 Å². The molecule has 112 valence electrons. The second-order valence-corrected chi connectivity index (χ2v) is 5.89. The first kappa shape index (κ1) is 16.1. The molecule has 5 heteroatoms. The van der Waals surface area contributed by atoms with Crippen molar-refractivity contribution in [2.75, 3.05) is 26.1 Å². The zero-order chi connectivity index (χ0) is 15.3. The second-order valence-electron chi connectivity index (χ2n) is 5.89. The van der Waals surface area contributed by atoms with Crippen molar-refractivity contribution in [2.24, 2.45) is 5.41 Å². The van der Waals surface area contributed by atoms with Crippen LogP contribution in [-0.2, 0) is 0 Å². The predicted molar refractivity (Wildman–Crippen MR) is 80.8 cm³/mol. The fourth-order valence-corrected chi connectivity index (χ4v) is 1.66. The standard InChI is InChI=1S/C15H24N2O3/c1-10-7-13(20-6)11(8-12(10)19-5)17-14(18)16-9-15(2,3)4/h7-8H,9H2,1-6H3,(H2,16,17,18). The summed E-state index contributed by atoms with van der Waals surface area (Å²) in [5, 5.41) is 5.61. The molecule has 1 aromatic carbocycles. The molecule has 0 atom stereocenters. The molecule has 2 amide bonds. The van der Waals surface area contributed by atoms with Crippen molar-refractivity contribution in [2.45, 2.75) is 27.7 Å². The normalized spacial score (nSPS) is 10.9. The molecule has 20 heavy (non-hydrogen) atoms. The van der Waals surface area contributed by atoms with Gasteiger partial charge in [0.05, 0.1) is 19.9 Å². The highest BCUT2D eigenvalue weighted by Gasteiger charge is 2.14. The van der Waals surface area contributed by atoms with Crippen molar-refractivity contribution in [3.8, 4) is 11.5 Å². The molecule has 5 nitrogen and oxygen atoms in total. The van der Waals surface area contributed by atoms with Gasteiger partial charge in [-0.05, 0) is 24.0 Å². The van der Waals surface area contributed by atoms with E-state index in [2.05, 4.69) is 31.4 Å². The molecule has 0 radical (unpaired) electrons. The molecular weight excluding hydrogens is 256 g/mol. The molecule has 0 saturated heterocycles. The summed E-state index contributed by atoms with van der Waals surface area (Å²) in [4.78, 5) is 11.9. The fourth-order valence-electron chi connectivity index (χ4n) is 1.66. The van der Waals surface area contributed by atoms with Crippen LogP contribution < -0.4 is 20.1 Å². The molecule has 0 aliphatic rings. The Balaban J connectivity index is 2.83. The molecule has 0 aromatic heterocycles. The zero-order valence-electron chi connectivity index (χ0n) is 13.1. The quantitative estimate of drug-likeness (QED) is 0.890. The SMILES string of the molecule is COc1cc(NC(=O)NCC(C)(C)C)c(OC)cc1C. The van der Waals surface area contributed by atoms with Crippen LogP contribution in [0.3, 0.4) is 0 Å². The Hall–Kier alpha value is -1.91. The summed E-state index contributed by atoms with van der Waals surface area (Å²) < 4.78 is 10.5. The van der Waals surface area contributed by atoms with Crippen LogP contribution in [-0.4, -0.2) is 26.8 Å². The number of amides is 2. The van der Waals surface area contributed by atoms with Crippen LogP contribution in [0.2, 0.25) is 0 Å². The third kappa shape index (κ3) is 4.64. The molecule has 0 aliphatic carbocycles. The first-order valence-electron chi connectivity index (χ1n) is 6.54. The summed E-state index contributed by atoms with van der Waals surface area (Å²) in [7, 11) is 3.16. The summed E-state index contributed by atoms with van der Waals surface area (Å²) in [6, 6.07) is 3.33. The van der Waals surface area contributed by atoms with Crippen LogP contribution in [0.5, 0.6) is 11.5 Å². The van der Waals surface area contributed by atoms with Crippen molar-refractivity contribution in [1.29, 1.82) is 0 Å². The van der Waals surface area contributed by atoms with Crippen molar-refractivity contribution in [1.82, 2.24) is 5.32 Å². The second kappa shape index (κ2) is 6.50. The lowest BCUT2D eigenvalue weighted by molar-refractivity contribution is 0.246. The highest BCUT2D eigenvalue weighted by atomic mass is 16.5. The maximum Gasteiger partial charge on any atom is 0.319 e. The highest BCUT2D eigenvalue weighted by Crippen LogP contribution is 2.32. The lowest BCUT2D eigenvalue weighted by Gasteiger charge is -2.19. The number of nitrogens with one attached hydrogen (secondary N) is 2. The van der Waals surface area contributed by atoms with Gasteiger partial charge in [-0.15, -0.1) is 0 Å². The molecule has 1 aromatic rings. The maximum absolute atomic E-state index is 11.9. The summed E-state index contributed by atoms with van der Waals surface area (Å²) >= 11 is 0. The first-order valence-corrected chi connectivity index (χ1v) is 6.54. The Morgan fingerprint density at radius 2 is 1.75 bits per heavy atom. The molecule has 0 spiro atoms. The molecule has 0 aliphatic heterocycles. The van der Waals surface area contributed by atoms with Gasteiger partial charge in [0.1, 0.15) is 11.5 Å². The van der Waals surface area contributed by atoms with Gasteiger partial charge in [0, 0.05) is 12.6 Å². The third-order valence-corrected chi connectivity index (χ3v) is 2.74. The molecule has 0 bridgehead atoms. The fraction of sp³-hybridized carbons (Fsp3) is 0.533. The number of ether oxygens (including phenoxy) is 2. The Labute approximate surface area is 120 Å². The van der Waals surface area contributed by atoms with Gasteiger partial charge in [-0.1, -0.05) is 20.8 Å². The zero-order valence-corrected chi connectivity index (χ0v) is 13.1. The van der Waals surface area contributed by atoms with Crippen LogP contribution in [0.1, 0.15) is 26.3 Å². The topological polar surface area (TPSA) is 59.6 Å². The molecule has 1 rings (SSSR count). The van der Waals surface area contributed by atoms with Crippen LogP contribution in [0.4, 0.5) is 10.5 Å². The molecule has 0 saturated carbocycles. The van der Waals surface area contributed by atoms with Gasteiger partial charge in [0.15, 0.2) is 0 Å². The van der Waals surface area contributed by atoms with Crippen molar-refractivity contribution >= 4 is 11.7 Å². The van der Waals surface area contributed by atoms with Crippen LogP contribution in [0, 0.1) is 12.3 Å². The smallest absolute Gasteiger partial charge is 0.319 e. The van der Waals surface area contributed by atoms with Gasteiger partial charge >= 0.3 is 6.03 Å². The number of methoxy groups -OCH3 is 2. The van der Waals surface area contributed by atoms with Gasteiger partial charge in [0.2, 0.25) is 0 Å². The average Bonchev–Trinajstić information content (AvgIpc) is 2.37. The lowest BCUT2D eigenvalue weighted by atomic mass is 9.97. The van der Waals surface area contributed by atoms with Gasteiger partial charge in [-0.2, -0.15) is 0 Å². The number of carbonyl (C=O) groups is 1. The predicted octanol–water partition coefficient (Wildman–Crippen LogP) is 3.18. The summed E-state index contributed by atoms with van der Waals surface area (Å²) in [6.07, 6.45) is 0. The van der Waals surface area contributed by atoms with Gasteiger partial charge in [-0.3, -0.25) is 0 Å². The Kier molecular flexibility index (Phi) is 5.25. The molecule has 0 heterocycles. The number of carbonyl (C=O) groups excluding carboxylic acids is 1. The van der Waals surface area contributed by atoms with E-state index in [-0.39, 0.29) is 11.4 Å². The molecule has 0 unspecified atom stereocenters. The number of benzene rings is 1. The van der Waals surface area contributed by atoms with E-state index in [9.17, 15) is 4.79 Å². The average molecular weight is 280 g/mol. The van der Waals surface area contributed by atoms with Crippen molar-refractivity contribution in [3.05, 3.63) is 17.7 Å². The van der Waals surface area contributed by atoms with E-state index in [0.717, 1.165) is 5.56 Å². The Morgan fingerprint density at radius 1 is 1.15 bits per heavy atom. The molecular formula is C15H24N2O3. The van der Waals surface area contributed by atoms with E-state index in [4.69, 9.17) is 9.47 Å². The van der Waals surface area contributed by atoms with Crippen LogP contribution >= 0.6 is 0 Å². The summed E-state index contributed by atoms with van der Waals surface area (Å²) in [5.74, 6) is 1.31. The Bertz CT molecular complexity index is 479. The monoisotopic (exact) mass is 280 g/mol. The van der Waals surface area contributed by atoms with Gasteiger partial charge in [0.25, 0.3) is 0 Å². The first-order chi connectivity index (χ1) is 9.26. The number of urea groups is 1. The largest absolute Gasteiger partial charge is 0.496 e. The number of aryl methyl sites for hydroxylation is 1. The highest BCUT2D eigenvalue weighted by molar-refractivity contribution is 5.91. The van der Waals surface area contributed by atoms with Gasteiger partial charge in [-0.25, -0.2) is 4.79 Å². The van der Waals surface area contributed by atoms with E-state index >= 15 is 0 Å². The maximum atomic E-state index is 11.9. The van der Waals surface area contributed by atoms with E-state index in [1.807, 2.05) is 13.0 Å². The summed E-state index contributed by atoms with van der Waals surface area (Å²) in [6.45, 7) is 8.68. The minimum atomic E-state index is -0.260. The Morgan fingerprint density at radius 3 is 2.25 bits per heavy atom. The minimum Gasteiger partial charge on any atom is -0.496 e. The van der Waals surface area contributed by atoms with Crippen molar-refractivity contribution in [3.63, 3.8) is 0 Å². The lowest BCUT2D eigenvalue weighted by Crippen LogP contribution is -2.35. The molecule has 0 fully saturated rings. The number of hydrogen-bond acceptors (Lipinski definition) is 3. The van der Waals surface area contributed by atoms with Gasteiger partial charge < -0.3 is 20.1 Å². The van der Waals surface area contributed by atoms with E-state index in [1.165, 1.54) is 0 Å². The van der Waals surface area contributed by atoms with Crippen LogP contribution in [0.15, 0.2) is 12.1 Å². The van der Waals surface area contributed by atoms with Crippen LogP contribution in [0.25, 0.3) is 0 Å². The number of hydrogen-bond donors (Lipinski definition) is 2. The number of rotatable bonds is 4. The number of anilines is 1. The van der Waals surface area contributed by atoms with E-state index in [1.54, 1.807) is 20.3 Å². The molecule has 2 N–H and O–H groups in total. The van der Waals surface area contributed by atoms with E-state index in [0.29, 0.717) is 23.7 Å². The summed E-state index contributed by atoms with van der Waals surface area (Å²) in [5.41, 5.74) is 1.57.